The minimum absolute atomic E-state index is 0.131. The number of fused-ring (bicyclic) bond motifs is 3. The van der Waals surface area contributed by atoms with E-state index in [0.717, 1.165) is 11.0 Å². The second-order valence-electron chi connectivity index (χ2n) is 8.40. The Bertz CT molecular complexity index is 952. The number of benzene rings is 1. The highest BCUT2D eigenvalue weighted by Gasteiger charge is 2.33. The van der Waals surface area contributed by atoms with Crippen LogP contribution in [0.1, 0.15) is 34.1 Å². The van der Waals surface area contributed by atoms with Gasteiger partial charge in [0.1, 0.15) is 12.1 Å². The average molecular weight is 415 g/mol. The standard InChI is InChI=1S/C21H29N5O4/c1-12(2)11-15(18(27)24-17(13(3)4)19(28)29)23-21(30)26-10-9-25-16-8-6-5-7-14(16)22-20(25)26/h5-8,12-13,15,17H,9-11H2,1-4H3,(H,23,30)(H,24,27)(H,28,29). The lowest BCUT2D eigenvalue weighted by molar-refractivity contribution is -0.143. The van der Waals surface area contributed by atoms with Crippen molar-refractivity contribution in [2.45, 2.75) is 52.7 Å². The molecule has 1 aliphatic heterocycles. The number of urea groups is 1. The molecule has 9 nitrogen and oxygen atoms in total. The highest BCUT2D eigenvalue weighted by atomic mass is 16.4. The molecule has 2 heterocycles. The van der Waals surface area contributed by atoms with Gasteiger partial charge in [-0.3, -0.25) is 9.69 Å². The van der Waals surface area contributed by atoms with E-state index < -0.39 is 30.0 Å². The largest absolute Gasteiger partial charge is 0.480 e. The van der Waals surface area contributed by atoms with Gasteiger partial charge < -0.3 is 20.3 Å². The second-order valence-corrected chi connectivity index (χ2v) is 8.40. The normalized spacial score (nSPS) is 15.3. The Morgan fingerprint density at radius 3 is 2.43 bits per heavy atom. The van der Waals surface area contributed by atoms with Crippen molar-refractivity contribution in [1.82, 2.24) is 20.2 Å². The third-order valence-corrected chi connectivity index (χ3v) is 5.22. The predicted molar refractivity (Wildman–Crippen MR) is 113 cm³/mol. The summed E-state index contributed by atoms with van der Waals surface area (Å²) in [5, 5.41) is 14.7. The zero-order valence-electron chi connectivity index (χ0n) is 17.8. The highest BCUT2D eigenvalue weighted by Crippen LogP contribution is 2.27. The molecule has 1 aliphatic rings. The molecule has 2 unspecified atom stereocenters. The van der Waals surface area contributed by atoms with Gasteiger partial charge in [0.25, 0.3) is 0 Å². The number of hydrogen-bond donors (Lipinski definition) is 3. The molecule has 3 amide bonds. The van der Waals surface area contributed by atoms with E-state index >= 15 is 0 Å². The number of amides is 3. The van der Waals surface area contributed by atoms with Gasteiger partial charge in [-0.15, -0.1) is 0 Å². The molecule has 3 rings (SSSR count). The summed E-state index contributed by atoms with van der Waals surface area (Å²) in [6.45, 7) is 8.42. The van der Waals surface area contributed by atoms with Crippen LogP contribution < -0.4 is 15.5 Å². The topological polar surface area (TPSA) is 117 Å². The van der Waals surface area contributed by atoms with Crippen LogP contribution in [-0.4, -0.2) is 51.2 Å². The van der Waals surface area contributed by atoms with Crippen LogP contribution >= 0.6 is 0 Å². The first-order valence-electron chi connectivity index (χ1n) is 10.3. The first kappa shape index (κ1) is 21.6. The van der Waals surface area contributed by atoms with E-state index in [9.17, 15) is 19.5 Å². The average Bonchev–Trinajstić information content (AvgIpc) is 3.23. The maximum Gasteiger partial charge on any atom is 0.326 e. The minimum Gasteiger partial charge on any atom is -0.480 e. The first-order chi connectivity index (χ1) is 14.2. The Balaban J connectivity index is 1.76. The molecule has 2 aromatic rings. The van der Waals surface area contributed by atoms with Crippen LogP contribution in [-0.2, 0) is 16.1 Å². The van der Waals surface area contributed by atoms with Gasteiger partial charge in [-0.1, -0.05) is 39.8 Å². The third kappa shape index (κ3) is 4.39. The molecule has 0 aliphatic carbocycles. The van der Waals surface area contributed by atoms with Gasteiger partial charge in [-0.05, 0) is 30.4 Å². The molecule has 0 bridgehead atoms. The summed E-state index contributed by atoms with van der Waals surface area (Å²) in [5.41, 5.74) is 1.77. The summed E-state index contributed by atoms with van der Waals surface area (Å²) in [5.74, 6) is -1.19. The van der Waals surface area contributed by atoms with Gasteiger partial charge >= 0.3 is 12.0 Å². The lowest BCUT2D eigenvalue weighted by Gasteiger charge is -2.25. The molecule has 0 fully saturated rings. The summed E-state index contributed by atoms with van der Waals surface area (Å²) < 4.78 is 1.98. The van der Waals surface area contributed by atoms with E-state index in [1.54, 1.807) is 13.8 Å². The fourth-order valence-corrected chi connectivity index (χ4v) is 3.68. The van der Waals surface area contributed by atoms with Crippen LogP contribution in [0.5, 0.6) is 0 Å². The number of carboxylic acids is 1. The fraction of sp³-hybridized carbons (Fsp3) is 0.524. The van der Waals surface area contributed by atoms with E-state index in [-0.39, 0.29) is 11.8 Å². The smallest absolute Gasteiger partial charge is 0.326 e. The number of rotatable bonds is 7. The maximum absolute atomic E-state index is 13.0. The number of carbonyl (C=O) groups excluding carboxylic acids is 2. The molecule has 2 atom stereocenters. The van der Waals surface area contributed by atoms with Gasteiger partial charge in [0, 0.05) is 13.1 Å². The van der Waals surface area contributed by atoms with E-state index in [1.165, 1.54) is 4.90 Å². The van der Waals surface area contributed by atoms with E-state index in [0.29, 0.717) is 25.5 Å². The van der Waals surface area contributed by atoms with Crippen molar-refractivity contribution in [3.05, 3.63) is 24.3 Å². The molecule has 1 aromatic carbocycles. The van der Waals surface area contributed by atoms with Crippen LogP contribution in [0.4, 0.5) is 10.7 Å². The zero-order valence-corrected chi connectivity index (χ0v) is 17.8. The van der Waals surface area contributed by atoms with Crippen molar-refractivity contribution in [3.63, 3.8) is 0 Å². The Hall–Kier alpha value is -3.10. The zero-order chi connectivity index (χ0) is 22.0. The molecule has 30 heavy (non-hydrogen) atoms. The molecule has 0 saturated heterocycles. The summed E-state index contributed by atoms with van der Waals surface area (Å²) in [6, 6.07) is 5.41. The number of carbonyl (C=O) groups is 3. The number of anilines is 1. The van der Waals surface area contributed by atoms with Gasteiger partial charge in [0.2, 0.25) is 11.9 Å². The van der Waals surface area contributed by atoms with Crippen molar-refractivity contribution in [2.75, 3.05) is 11.4 Å². The summed E-state index contributed by atoms with van der Waals surface area (Å²) in [6.07, 6.45) is 0.395. The van der Waals surface area contributed by atoms with Crippen LogP contribution in [0.25, 0.3) is 11.0 Å². The van der Waals surface area contributed by atoms with Crippen molar-refractivity contribution in [1.29, 1.82) is 0 Å². The molecular weight excluding hydrogens is 386 g/mol. The number of aliphatic carboxylic acids is 1. The summed E-state index contributed by atoms with van der Waals surface area (Å²) in [4.78, 5) is 43.3. The lowest BCUT2D eigenvalue weighted by atomic mass is 10.0. The molecule has 162 valence electrons. The predicted octanol–water partition coefficient (Wildman–Crippen LogP) is 2.21. The van der Waals surface area contributed by atoms with Gasteiger partial charge in [-0.25, -0.2) is 14.6 Å². The molecular formula is C21H29N5O4. The summed E-state index contributed by atoms with van der Waals surface area (Å²) in [7, 11) is 0. The van der Waals surface area contributed by atoms with Crippen LogP contribution in [0.2, 0.25) is 0 Å². The molecule has 1 aromatic heterocycles. The van der Waals surface area contributed by atoms with E-state index in [2.05, 4.69) is 15.6 Å². The number of para-hydroxylation sites is 2. The second kappa shape index (κ2) is 8.73. The van der Waals surface area contributed by atoms with Crippen molar-refractivity contribution in [3.8, 4) is 0 Å². The molecule has 0 spiro atoms. The maximum atomic E-state index is 13.0. The molecule has 3 N–H and O–H groups in total. The Labute approximate surface area is 175 Å². The first-order valence-corrected chi connectivity index (χ1v) is 10.3. The Morgan fingerprint density at radius 1 is 1.10 bits per heavy atom. The van der Waals surface area contributed by atoms with Gasteiger partial charge in [0.15, 0.2) is 0 Å². The lowest BCUT2D eigenvalue weighted by Crippen LogP contribution is -2.55. The Morgan fingerprint density at radius 2 is 1.80 bits per heavy atom. The van der Waals surface area contributed by atoms with Crippen LogP contribution in [0, 0.1) is 11.8 Å². The van der Waals surface area contributed by atoms with Crippen molar-refractivity contribution < 1.29 is 19.5 Å². The number of nitrogens with one attached hydrogen (secondary N) is 2. The van der Waals surface area contributed by atoms with Gasteiger partial charge in [-0.2, -0.15) is 0 Å². The molecule has 0 saturated carbocycles. The monoisotopic (exact) mass is 415 g/mol. The molecule has 0 radical (unpaired) electrons. The quantitative estimate of drug-likeness (QED) is 0.641. The van der Waals surface area contributed by atoms with Crippen LogP contribution in [0.15, 0.2) is 24.3 Å². The molecule has 9 heteroatoms. The number of hydrogen-bond acceptors (Lipinski definition) is 4. The van der Waals surface area contributed by atoms with Crippen molar-refractivity contribution in [2.24, 2.45) is 11.8 Å². The Kier molecular flexibility index (Phi) is 6.28. The SMILES string of the molecule is CC(C)CC(NC(=O)N1CCn2c1nc1ccccc12)C(=O)NC(C(=O)O)C(C)C. The summed E-state index contributed by atoms with van der Waals surface area (Å²) >= 11 is 0. The number of carboxylic acid groups (broad SMARTS) is 1. The number of nitrogens with zero attached hydrogens (tertiary/aromatic N) is 3. The van der Waals surface area contributed by atoms with E-state index in [4.69, 9.17) is 0 Å². The minimum atomic E-state index is -1.10. The fourth-order valence-electron chi connectivity index (χ4n) is 3.68. The third-order valence-electron chi connectivity index (χ3n) is 5.22. The van der Waals surface area contributed by atoms with Gasteiger partial charge in [0.05, 0.1) is 11.0 Å². The van der Waals surface area contributed by atoms with E-state index in [1.807, 2.05) is 42.7 Å². The van der Waals surface area contributed by atoms with Crippen LogP contribution in [0.3, 0.4) is 0 Å². The highest BCUT2D eigenvalue weighted by molar-refractivity contribution is 5.97. The number of aromatic nitrogens is 2. The van der Waals surface area contributed by atoms with Crippen molar-refractivity contribution >= 4 is 34.9 Å². The number of imidazole rings is 1.